The van der Waals surface area contributed by atoms with Gasteiger partial charge in [0.1, 0.15) is 17.2 Å². The molecule has 0 amide bonds. The summed E-state index contributed by atoms with van der Waals surface area (Å²) >= 11 is 1.41. The fourth-order valence-corrected chi connectivity index (χ4v) is 3.21. The molecule has 2 N–H and O–H groups in total. The number of aliphatic hydroxyl groups is 1. The summed E-state index contributed by atoms with van der Waals surface area (Å²) < 4.78 is 15.2. The van der Waals surface area contributed by atoms with Crippen molar-refractivity contribution in [3.05, 3.63) is 35.8 Å². The average molecular weight is 413 g/mol. The van der Waals surface area contributed by atoms with Gasteiger partial charge in [0.2, 0.25) is 5.95 Å². The van der Waals surface area contributed by atoms with Crippen molar-refractivity contribution in [2.24, 2.45) is 0 Å². The van der Waals surface area contributed by atoms with E-state index in [1.54, 1.807) is 30.5 Å². The molecule has 4 aromatic rings. The van der Waals surface area contributed by atoms with Crippen LogP contribution in [0.15, 0.2) is 29.4 Å². The number of hydrogen-bond donors (Lipinski definition) is 2. The molecule has 0 aliphatic carbocycles. The molecule has 0 saturated heterocycles. The summed E-state index contributed by atoms with van der Waals surface area (Å²) in [6.07, 6.45) is 1.89. The summed E-state index contributed by atoms with van der Waals surface area (Å²) in [5, 5.41) is 18.3. The SMILES string of the molecule is CSc1nc(NCC(C)(C)O)n2nc(-c3nc4cc(F)ccc4nc3C)cc2n1. The molecule has 0 bridgehead atoms. The van der Waals surface area contributed by atoms with E-state index in [4.69, 9.17) is 0 Å². The minimum Gasteiger partial charge on any atom is -0.389 e. The number of halogens is 1. The molecule has 0 radical (unpaired) electrons. The Morgan fingerprint density at radius 1 is 1.14 bits per heavy atom. The van der Waals surface area contributed by atoms with E-state index in [2.05, 4.69) is 30.4 Å². The van der Waals surface area contributed by atoms with Gasteiger partial charge in [0, 0.05) is 18.7 Å². The predicted molar refractivity (Wildman–Crippen MR) is 111 cm³/mol. The van der Waals surface area contributed by atoms with Crippen molar-refractivity contribution in [3.8, 4) is 11.4 Å². The van der Waals surface area contributed by atoms with Crippen LogP contribution in [0.1, 0.15) is 19.5 Å². The molecule has 29 heavy (non-hydrogen) atoms. The van der Waals surface area contributed by atoms with Crippen LogP contribution in [-0.2, 0) is 0 Å². The first kappa shape index (κ1) is 19.5. The van der Waals surface area contributed by atoms with E-state index in [0.29, 0.717) is 44.9 Å². The smallest absolute Gasteiger partial charge is 0.228 e. The molecule has 0 saturated carbocycles. The Morgan fingerprint density at radius 2 is 1.93 bits per heavy atom. The number of aromatic nitrogens is 6. The van der Waals surface area contributed by atoms with Crippen LogP contribution < -0.4 is 5.32 Å². The van der Waals surface area contributed by atoms with Crippen molar-refractivity contribution in [1.82, 2.24) is 29.5 Å². The molecule has 0 atom stereocenters. The average Bonchev–Trinajstić information content (AvgIpc) is 3.09. The number of thioether (sulfide) groups is 1. The van der Waals surface area contributed by atoms with E-state index >= 15 is 0 Å². The van der Waals surface area contributed by atoms with Gasteiger partial charge in [0.15, 0.2) is 10.8 Å². The molecule has 0 aliphatic rings. The molecule has 0 aliphatic heterocycles. The Bertz CT molecular complexity index is 1220. The minimum absolute atomic E-state index is 0.288. The largest absolute Gasteiger partial charge is 0.389 e. The second-order valence-corrected chi connectivity index (χ2v) is 8.06. The first-order valence-corrected chi connectivity index (χ1v) is 10.2. The molecule has 10 heteroatoms. The van der Waals surface area contributed by atoms with Crippen LogP contribution in [0.5, 0.6) is 0 Å². The number of anilines is 1. The van der Waals surface area contributed by atoms with Crippen LogP contribution >= 0.6 is 11.8 Å². The van der Waals surface area contributed by atoms with Crippen molar-refractivity contribution in [1.29, 1.82) is 0 Å². The van der Waals surface area contributed by atoms with Crippen molar-refractivity contribution in [3.63, 3.8) is 0 Å². The van der Waals surface area contributed by atoms with Gasteiger partial charge in [0.25, 0.3) is 0 Å². The second kappa shape index (κ2) is 7.20. The predicted octanol–water partition coefficient (Wildman–Crippen LogP) is 3.09. The zero-order valence-electron chi connectivity index (χ0n) is 16.4. The summed E-state index contributed by atoms with van der Waals surface area (Å²) in [6, 6.07) is 6.11. The number of aryl methyl sites for hydroxylation is 1. The van der Waals surface area contributed by atoms with E-state index in [-0.39, 0.29) is 12.4 Å². The van der Waals surface area contributed by atoms with Crippen LogP contribution in [0.25, 0.3) is 28.1 Å². The molecule has 8 nitrogen and oxygen atoms in total. The summed E-state index contributed by atoms with van der Waals surface area (Å²) in [5.74, 6) is 0.0929. The van der Waals surface area contributed by atoms with Gasteiger partial charge < -0.3 is 10.4 Å². The van der Waals surface area contributed by atoms with Gasteiger partial charge in [0.05, 0.1) is 22.3 Å². The number of nitrogens with zero attached hydrogens (tertiary/aromatic N) is 6. The van der Waals surface area contributed by atoms with Crippen LogP contribution in [0, 0.1) is 12.7 Å². The van der Waals surface area contributed by atoms with Crippen LogP contribution in [0.2, 0.25) is 0 Å². The fourth-order valence-electron chi connectivity index (χ4n) is 2.84. The van der Waals surface area contributed by atoms with E-state index in [1.165, 1.54) is 23.9 Å². The van der Waals surface area contributed by atoms with Crippen LogP contribution in [-0.4, -0.2) is 53.1 Å². The molecule has 1 aromatic carbocycles. The Balaban J connectivity index is 1.85. The molecule has 150 valence electrons. The highest BCUT2D eigenvalue weighted by molar-refractivity contribution is 7.98. The van der Waals surface area contributed by atoms with E-state index in [1.807, 2.05) is 13.2 Å². The van der Waals surface area contributed by atoms with Gasteiger partial charge in [-0.15, -0.1) is 0 Å². The Hall–Kier alpha value is -2.85. The third kappa shape index (κ3) is 3.99. The Morgan fingerprint density at radius 3 is 2.66 bits per heavy atom. The minimum atomic E-state index is -0.919. The fraction of sp³-hybridized carbons (Fsp3) is 0.316. The third-order valence-electron chi connectivity index (χ3n) is 4.21. The summed E-state index contributed by atoms with van der Waals surface area (Å²) in [6.45, 7) is 5.53. The maximum absolute atomic E-state index is 13.6. The lowest BCUT2D eigenvalue weighted by Gasteiger charge is -2.18. The van der Waals surface area contributed by atoms with E-state index < -0.39 is 5.60 Å². The van der Waals surface area contributed by atoms with Crippen LogP contribution in [0.3, 0.4) is 0 Å². The molecular weight excluding hydrogens is 393 g/mol. The highest BCUT2D eigenvalue weighted by atomic mass is 32.2. The number of hydrogen-bond acceptors (Lipinski definition) is 8. The first-order chi connectivity index (χ1) is 13.7. The zero-order chi connectivity index (χ0) is 20.8. The van der Waals surface area contributed by atoms with Gasteiger partial charge in [-0.3, -0.25) is 0 Å². The van der Waals surface area contributed by atoms with Gasteiger partial charge in [-0.05, 0) is 39.2 Å². The van der Waals surface area contributed by atoms with Gasteiger partial charge in [-0.1, -0.05) is 11.8 Å². The molecular formula is C19H20FN7OS. The quantitative estimate of drug-likeness (QED) is 0.482. The number of nitrogens with one attached hydrogen (secondary N) is 1. The normalized spacial score (nSPS) is 12.1. The van der Waals surface area contributed by atoms with Crippen molar-refractivity contribution in [2.75, 3.05) is 18.1 Å². The van der Waals surface area contributed by atoms with E-state index in [9.17, 15) is 9.50 Å². The lowest BCUT2D eigenvalue weighted by atomic mass is 10.1. The molecule has 3 heterocycles. The summed E-state index contributed by atoms with van der Waals surface area (Å²) in [7, 11) is 0. The lowest BCUT2D eigenvalue weighted by Crippen LogP contribution is -2.30. The maximum atomic E-state index is 13.6. The third-order valence-corrected chi connectivity index (χ3v) is 4.76. The first-order valence-electron chi connectivity index (χ1n) is 8.96. The van der Waals surface area contributed by atoms with Crippen LogP contribution in [0.4, 0.5) is 10.3 Å². The standard InChI is InChI=1S/C19H20FN7OS/c1-10-16(23-13-7-11(20)5-6-12(13)22-10)14-8-15-24-18(29-4)25-17(27(15)26-14)21-9-19(2,3)28/h5-8,28H,9H2,1-4H3,(H,21,24,25). The van der Waals surface area contributed by atoms with Crippen molar-refractivity contribution >= 4 is 34.4 Å². The second-order valence-electron chi connectivity index (χ2n) is 7.29. The van der Waals surface area contributed by atoms with Gasteiger partial charge in [-0.2, -0.15) is 14.6 Å². The lowest BCUT2D eigenvalue weighted by molar-refractivity contribution is 0.0942. The number of fused-ring (bicyclic) bond motifs is 2. The molecule has 0 spiro atoms. The monoisotopic (exact) mass is 413 g/mol. The molecule has 0 fully saturated rings. The molecule has 0 unspecified atom stereocenters. The molecule has 4 rings (SSSR count). The van der Waals surface area contributed by atoms with Gasteiger partial charge in [-0.25, -0.2) is 19.3 Å². The topological polar surface area (TPSA) is 101 Å². The Kier molecular flexibility index (Phi) is 4.83. The van der Waals surface area contributed by atoms with Gasteiger partial charge >= 0.3 is 0 Å². The zero-order valence-corrected chi connectivity index (χ0v) is 17.2. The van der Waals surface area contributed by atoms with E-state index in [0.717, 1.165) is 0 Å². The summed E-state index contributed by atoms with van der Waals surface area (Å²) in [4.78, 5) is 18.0. The number of rotatable bonds is 5. The summed E-state index contributed by atoms with van der Waals surface area (Å²) in [5.41, 5.74) is 2.52. The Labute approximate surface area is 170 Å². The van der Waals surface area contributed by atoms with Crippen molar-refractivity contribution < 1.29 is 9.50 Å². The highest BCUT2D eigenvalue weighted by Gasteiger charge is 2.18. The maximum Gasteiger partial charge on any atom is 0.228 e. The number of benzene rings is 1. The van der Waals surface area contributed by atoms with Crippen molar-refractivity contribution in [2.45, 2.75) is 31.5 Å². The molecule has 3 aromatic heterocycles. The highest BCUT2D eigenvalue weighted by Crippen LogP contribution is 2.25.